The molecule has 1 amide bonds. The van der Waals surface area contributed by atoms with E-state index in [9.17, 15) is 4.79 Å². The molecular weight excluding hydrogens is 334 g/mol. The molecule has 4 rings (SSSR count). The van der Waals surface area contributed by atoms with Gasteiger partial charge in [-0.15, -0.1) is 0 Å². The third-order valence-corrected chi connectivity index (χ3v) is 5.37. The van der Waals surface area contributed by atoms with Gasteiger partial charge in [-0.05, 0) is 35.7 Å². The molecule has 0 bridgehead atoms. The molecule has 0 aliphatic heterocycles. The number of halogens is 1. The first-order valence-corrected chi connectivity index (χ1v) is 7.82. The fourth-order valence-corrected chi connectivity index (χ4v) is 3.62. The molecule has 5 nitrogen and oxygen atoms in total. The third kappa shape index (κ3) is 1.68. The Morgan fingerprint density at radius 3 is 2.81 bits per heavy atom. The van der Waals surface area contributed by atoms with E-state index in [2.05, 4.69) is 21.0 Å². The summed E-state index contributed by atoms with van der Waals surface area (Å²) < 4.78 is 8.09. The largest absolute Gasteiger partial charge is 0.453 e. The molecule has 2 aliphatic rings. The van der Waals surface area contributed by atoms with Gasteiger partial charge < -0.3 is 9.32 Å². The molecule has 0 radical (unpaired) electrons. The molecule has 2 aliphatic carbocycles. The summed E-state index contributed by atoms with van der Waals surface area (Å²) in [6, 6.07) is -0.123. The second-order valence-corrected chi connectivity index (χ2v) is 6.99. The zero-order chi connectivity index (χ0) is 14.9. The van der Waals surface area contributed by atoms with Gasteiger partial charge in [-0.1, -0.05) is 0 Å². The van der Waals surface area contributed by atoms with Crippen LogP contribution in [0, 0.1) is 6.92 Å². The summed E-state index contributed by atoms with van der Waals surface area (Å²) in [5.41, 5.74) is 4.36. The molecule has 0 atom stereocenters. The average Bonchev–Trinajstić information content (AvgIpc) is 2.94. The molecule has 110 valence electrons. The number of furan rings is 1. The predicted octanol–water partition coefficient (Wildman–Crippen LogP) is 3.33. The lowest BCUT2D eigenvalue weighted by Crippen LogP contribution is -2.27. The van der Waals surface area contributed by atoms with E-state index in [-0.39, 0.29) is 11.4 Å². The van der Waals surface area contributed by atoms with Crippen LogP contribution in [0.4, 0.5) is 4.79 Å². The second-order valence-electron chi connectivity index (χ2n) is 6.27. The molecule has 1 spiro atoms. The van der Waals surface area contributed by atoms with Gasteiger partial charge in [0.05, 0.1) is 0 Å². The SMILES string of the molecule is Cc1c(Br)oc2c1-c1nn(C(=O)N(C)C)cc1C1(CC1)C2. The lowest BCUT2D eigenvalue weighted by Gasteiger charge is -2.19. The summed E-state index contributed by atoms with van der Waals surface area (Å²) in [7, 11) is 3.47. The van der Waals surface area contributed by atoms with Crippen molar-refractivity contribution in [3.63, 3.8) is 0 Å². The molecular formula is C15H16BrN3O2. The van der Waals surface area contributed by atoms with E-state index in [1.807, 2.05) is 13.1 Å². The Bertz CT molecular complexity index is 768. The highest BCUT2D eigenvalue weighted by Crippen LogP contribution is 2.58. The van der Waals surface area contributed by atoms with Crippen molar-refractivity contribution in [2.75, 3.05) is 14.1 Å². The van der Waals surface area contributed by atoms with Crippen LogP contribution in [-0.4, -0.2) is 34.8 Å². The standard InChI is InChI=1S/C15H16BrN3O2/c1-8-11-10(21-13(8)16)6-15(4-5-15)9-7-19(17-12(9)11)14(20)18(2)3/h7H,4-6H2,1-3H3. The Balaban J connectivity index is 1.94. The van der Waals surface area contributed by atoms with Gasteiger partial charge in [-0.2, -0.15) is 9.78 Å². The van der Waals surface area contributed by atoms with E-state index in [0.717, 1.165) is 46.5 Å². The van der Waals surface area contributed by atoms with Crippen molar-refractivity contribution < 1.29 is 9.21 Å². The van der Waals surface area contributed by atoms with Crippen molar-refractivity contribution in [2.45, 2.75) is 31.6 Å². The average molecular weight is 350 g/mol. The van der Waals surface area contributed by atoms with Crippen molar-refractivity contribution in [3.8, 4) is 11.3 Å². The van der Waals surface area contributed by atoms with Gasteiger partial charge in [0, 0.05) is 48.8 Å². The number of hydrogen-bond donors (Lipinski definition) is 0. The third-order valence-electron chi connectivity index (χ3n) is 4.61. The minimum atomic E-state index is -0.123. The van der Waals surface area contributed by atoms with Crippen LogP contribution in [0.2, 0.25) is 0 Å². The topological polar surface area (TPSA) is 51.3 Å². The van der Waals surface area contributed by atoms with Gasteiger partial charge in [0.2, 0.25) is 0 Å². The highest BCUT2D eigenvalue weighted by molar-refractivity contribution is 9.10. The van der Waals surface area contributed by atoms with E-state index >= 15 is 0 Å². The van der Waals surface area contributed by atoms with Crippen molar-refractivity contribution in [3.05, 3.63) is 27.8 Å². The molecule has 6 heteroatoms. The molecule has 0 N–H and O–H groups in total. The van der Waals surface area contributed by atoms with E-state index in [4.69, 9.17) is 4.42 Å². The minimum absolute atomic E-state index is 0.123. The summed E-state index contributed by atoms with van der Waals surface area (Å²) in [4.78, 5) is 13.7. The molecule has 0 saturated heterocycles. The first-order chi connectivity index (χ1) is 9.93. The number of amides is 1. The molecule has 1 saturated carbocycles. The van der Waals surface area contributed by atoms with Gasteiger partial charge in [0.25, 0.3) is 0 Å². The van der Waals surface area contributed by atoms with E-state index in [1.165, 1.54) is 15.1 Å². The number of carbonyl (C=O) groups excluding carboxylic acids is 1. The second kappa shape index (κ2) is 4.00. The monoisotopic (exact) mass is 349 g/mol. The van der Waals surface area contributed by atoms with Crippen LogP contribution in [0.5, 0.6) is 0 Å². The quantitative estimate of drug-likeness (QED) is 0.732. The van der Waals surface area contributed by atoms with Crippen LogP contribution in [-0.2, 0) is 11.8 Å². The van der Waals surface area contributed by atoms with Crippen molar-refractivity contribution in [1.29, 1.82) is 0 Å². The molecule has 2 aromatic rings. The maximum absolute atomic E-state index is 12.2. The number of nitrogens with zero attached hydrogens (tertiary/aromatic N) is 3. The van der Waals surface area contributed by atoms with Crippen molar-refractivity contribution >= 4 is 22.0 Å². The lowest BCUT2D eigenvalue weighted by molar-refractivity contribution is 0.216. The fraction of sp³-hybridized carbons (Fsp3) is 0.467. The van der Waals surface area contributed by atoms with Crippen LogP contribution >= 0.6 is 15.9 Å². The number of rotatable bonds is 0. The number of hydrogen-bond acceptors (Lipinski definition) is 3. The van der Waals surface area contributed by atoms with Gasteiger partial charge in [-0.25, -0.2) is 4.79 Å². The zero-order valence-electron chi connectivity index (χ0n) is 12.2. The van der Waals surface area contributed by atoms with Gasteiger partial charge in [-0.3, -0.25) is 0 Å². The van der Waals surface area contributed by atoms with Crippen LogP contribution in [0.15, 0.2) is 15.3 Å². The maximum Gasteiger partial charge on any atom is 0.344 e. The van der Waals surface area contributed by atoms with Crippen LogP contribution in [0.1, 0.15) is 29.7 Å². The van der Waals surface area contributed by atoms with Crippen LogP contribution in [0.25, 0.3) is 11.3 Å². The number of fused-ring (bicyclic) bond motifs is 4. The zero-order valence-corrected chi connectivity index (χ0v) is 13.8. The Morgan fingerprint density at radius 2 is 2.19 bits per heavy atom. The molecule has 1 fully saturated rings. The lowest BCUT2D eigenvalue weighted by atomic mass is 9.83. The maximum atomic E-state index is 12.2. The van der Waals surface area contributed by atoms with Crippen LogP contribution < -0.4 is 0 Å². The summed E-state index contributed by atoms with van der Waals surface area (Å²) in [5.74, 6) is 0.993. The van der Waals surface area contributed by atoms with Gasteiger partial charge in [0.1, 0.15) is 11.5 Å². The van der Waals surface area contributed by atoms with Gasteiger partial charge in [0.15, 0.2) is 4.67 Å². The van der Waals surface area contributed by atoms with Crippen molar-refractivity contribution in [1.82, 2.24) is 14.7 Å². The number of aromatic nitrogens is 2. The first-order valence-electron chi connectivity index (χ1n) is 7.03. The molecule has 2 heterocycles. The van der Waals surface area contributed by atoms with Gasteiger partial charge >= 0.3 is 6.03 Å². The smallest absolute Gasteiger partial charge is 0.344 e. The molecule has 0 unspecified atom stereocenters. The van der Waals surface area contributed by atoms with Crippen molar-refractivity contribution in [2.24, 2.45) is 0 Å². The Kier molecular flexibility index (Phi) is 2.50. The normalized spacial score (nSPS) is 17.5. The molecule has 2 aromatic heterocycles. The van der Waals surface area contributed by atoms with Crippen LogP contribution in [0.3, 0.4) is 0 Å². The fourth-order valence-electron chi connectivity index (χ4n) is 3.23. The first kappa shape index (κ1) is 13.1. The summed E-state index contributed by atoms with van der Waals surface area (Å²) in [5, 5.41) is 4.57. The Hall–Kier alpha value is -1.56. The highest BCUT2D eigenvalue weighted by atomic mass is 79.9. The summed E-state index contributed by atoms with van der Waals surface area (Å²) in [6.45, 7) is 2.02. The highest BCUT2D eigenvalue weighted by Gasteiger charge is 2.52. The number of carbonyl (C=O) groups is 1. The van der Waals surface area contributed by atoms with E-state index < -0.39 is 0 Å². The van der Waals surface area contributed by atoms with E-state index in [1.54, 1.807) is 14.1 Å². The molecule has 0 aromatic carbocycles. The predicted molar refractivity (Wildman–Crippen MR) is 81.5 cm³/mol. The minimum Gasteiger partial charge on any atom is -0.453 e. The summed E-state index contributed by atoms with van der Waals surface area (Å²) in [6.07, 6.45) is 5.09. The summed E-state index contributed by atoms with van der Waals surface area (Å²) >= 11 is 3.47. The molecule has 21 heavy (non-hydrogen) atoms. The van der Waals surface area contributed by atoms with E-state index in [0.29, 0.717) is 0 Å². The Labute approximate surface area is 131 Å². The Morgan fingerprint density at radius 1 is 1.48 bits per heavy atom.